The van der Waals surface area contributed by atoms with Gasteiger partial charge in [-0.2, -0.15) is 0 Å². The van der Waals surface area contributed by atoms with Crippen LogP contribution in [0.1, 0.15) is 32.3 Å². The predicted molar refractivity (Wildman–Crippen MR) is 133 cm³/mol. The third-order valence-electron chi connectivity index (χ3n) is 4.93. The molecular weight excluding hydrogens is 501 g/mol. The maximum atomic E-state index is 11.7. The van der Waals surface area contributed by atoms with Crippen molar-refractivity contribution in [3.8, 4) is 0 Å². The van der Waals surface area contributed by atoms with E-state index in [1.807, 2.05) is 13.8 Å². The van der Waals surface area contributed by atoms with E-state index >= 15 is 0 Å². The Labute approximate surface area is 193 Å². The van der Waals surface area contributed by atoms with Crippen LogP contribution in [0.25, 0.3) is 0 Å². The van der Waals surface area contributed by atoms with Gasteiger partial charge in [0, 0.05) is 51.0 Å². The average Bonchev–Trinajstić information content (AvgIpc) is 3.09. The van der Waals surface area contributed by atoms with Gasteiger partial charge < -0.3 is 15.5 Å². The van der Waals surface area contributed by atoms with E-state index in [9.17, 15) is 8.42 Å². The van der Waals surface area contributed by atoms with Crippen molar-refractivity contribution in [3.63, 3.8) is 0 Å². The molecule has 29 heavy (non-hydrogen) atoms. The van der Waals surface area contributed by atoms with Crippen LogP contribution >= 0.6 is 24.0 Å². The third kappa shape index (κ3) is 8.67. The van der Waals surface area contributed by atoms with Gasteiger partial charge in [-0.05, 0) is 38.8 Å². The van der Waals surface area contributed by atoms with Crippen molar-refractivity contribution >= 4 is 45.6 Å². The monoisotopic (exact) mass is 537 g/mol. The maximum absolute atomic E-state index is 11.7. The first-order valence-corrected chi connectivity index (χ1v) is 12.0. The highest BCUT2D eigenvalue weighted by Crippen LogP contribution is 2.20. The van der Waals surface area contributed by atoms with Crippen LogP contribution in [-0.2, 0) is 10.0 Å². The zero-order valence-electron chi connectivity index (χ0n) is 18.0. The Bertz CT molecular complexity index is 740. The van der Waals surface area contributed by atoms with Crippen LogP contribution in [0.3, 0.4) is 0 Å². The number of rotatable bonds is 9. The molecule has 0 saturated carbocycles. The molecule has 1 aliphatic rings. The fraction of sp³-hybridized carbons (Fsp3) is 0.650. The first-order chi connectivity index (χ1) is 13.3. The van der Waals surface area contributed by atoms with Crippen LogP contribution in [0.15, 0.2) is 29.3 Å². The van der Waals surface area contributed by atoms with Crippen molar-refractivity contribution in [2.24, 2.45) is 4.99 Å². The molecule has 0 spiro atoms. The second kappa shape index (κ2) is 12.6. The first-order valence-electron chi connectivity index (χ1n) is 10.1. The Balaban J connectivity index is 0.00000420. The molecule has 1 atom stereocenters. The van der Waals surface area contributed by atoms with Gasteiger partial charge in [-0.25, -0.2) is 12.7 Å². The normalized spacial score (nSPS) is 17.3. The minimum Gasteiger partial charge on any atom is -0.369 e. The maximum Gasteiger partial charge on any atom is 0.211 e. The lowest BCUT2D eigenvalue weighted by Gasteiger charge is -2.21. The summed E-state index contributed by atoms with van der Waals surface area (Å²) in [5, 5.41) is 6.82. The molecule has 2 N–H and O–H groups in total. The van der Waals surface area contributed by atoms with Crippen LogP contribution in [0.5, 0.6) is 0 Å². The number of sulfonamides is 1. The molecule has 166 valence electrons. The van der Waals surface area contributed by atoms with Crippen LogP contribution in [0, 0.1) is 6.92 Å². The molecule has 2 rings (SSSR count). The molecule has 9 heteroatoms. The van der Waals surface area contributed by atoms with Gasteiger partial charge in [-0.1, -0.05) is 24.6 Å². The third-order valence-corrected chi connectivity index (χ3v) is 6.31. The van der Waals surface area contributed by atoms with Crippen LogP contribution < -0.4 is 15.5 Å². The molecule has 0 amide bonds. The number of nitrogens with zero attached hydrogens (tertiary/aromatic N) is 3. The molecule has 1 aromatic rings. The van der Waals surface area contributed by atoms with Crippen molar-refractivity contribution in [2.45, 2.75) is 39.7 Å². The fourth-order valence-corrected chi connectivity index (χ4v) is 4.31. The molecule has 7 nitrogen and oxygen atoms in total. The van der Waals surface area contributed by atoms with Crippen molar-refractivity contribution < 1.29 is 8.42 Å². The Kier molecular flexibility index (Phi) is 11.3. The number of guanidine groups is 1. The Morgan fingerprint density at radius 1 is 1.28 bits per heavy atom. The number of nitrogens with one attached hydrogen (secondary N) is 2. The SMILES string of the molecule is CCNC(=NCCCN(CC)S(C)(=O)=O)NC1CCN(c2ccc(C)cc2)C1.I. The van der Waals surface area contributed by atoms with Crippen LogP contribution in [-0.4, -0.2) is 70.2 Å². The second-order valence-electron chi connectivity index (χ2n) is 7.28. The number of aryl methyl sites for hydroxylation is 1. The molecular formula is C20H36IN5O2S. The van der Waals surface area contributed by atoms with E-state index < -0.39 is 10.0 Å². The molecule has 0 aliphatic carbocycles. The predicted octanol–water partition coefficient (Wildman–Crippen LogP) is 2.42. The lowest BCUT2D eigenvalue weighted by atomic mass is 10.2. The smallest absolute Gasteiger partial charge is 0.211 e. The van der Waals surface area contributed by atoms with E-state index in [4.69, 9.17) is 0 Å². The summed E-state index contributed by atoms with van der Waals surface area (Å²) < 4.78 is 24.8. The van der Waals surface area contributed by atoms with E-state index in [2.05, 4.69) is 51.7 Å². The lowest BCUT2D eigenvalue weighted by molar-refractivity contribution is 0.427. The van der Waals surface area contributed by atoms with Crippen molar-refractivity contribution in [1.29, 1.82) is 0 Å². The van der Waals surface area contributed by atoms with Gasteiger partial charge >= 0.3 is 0 Å². The minimum absolute atomic E-state index is 0. The number of hydrogen-bond acceptors (Lipinski definition) is 4. The molecule has 1 fully saturated rings. The number of halogens is 1. The highest BCUT2D eigenvalue weighted by molar-refractivity contribution is 14.0. The Morgan fingerprint density at radius 3 is 2.55 bits per heavy atom. The van der Waals surface area contributed by atoms with Crippen molar-refractivity contribution in [2.75, 3.05) is 50.4 Å². The highest BCUT2D eigenvalue weighted by atomic mass is 127. The van der Waals surface area contributed by atoms with Gasteiger partial charge in [0.15, 0.2) is 5.96 Å². The number of anilines is 1. The number of aliphatic imine (C=N–C) groups is 1. The molecule has 1 aliphatic heterocycles. The first kappa shape index (κ1) is 26.0. The fourth-order valence-electron chi connectivity index (χ4n) is 3.38. The van der Waals surface area contributed by atoms with E-state index in [1.54, 1.807) is 0 Å². The largest absolute Gasteiger partial charge is 0.369 e. The van der Waals surface area contributed by atoms with Gasteiger partial charge in [-0.3, -0.25) is 4.99 Å². The van der Waals surface area contributed by atoms with Gasteiger partial charge in [-0.15, -0.1) is 24.0 Å². The second-order valence-corrected chi connectivity index (χ2v) is 9.26. The summed E-state index contributed by atoms with van der Waals surface area (Å²) in [4.78, 5) is 7.02. The summed E-state index contributed by atoms with van der Waals surface area (Å²) in [6.45, 7) is 10.4. The summed E-state index contributed by atoms with van der Waals surface area (Å²) in [7, 11) is -3.13. The average molecular weight is 538 g/mol. The molecule has 0 radical (unpaired) electrons. The summed E-state index contributed by atoms with van der Waals surface area (Å²) in [5.74, 6) is 0.806. The van der Waals surface area contributed by atoms with Crippen LogP contribution in [0.2, 0.25) is 0 Å². The zero-order valence-corrected chi connectivity index (χ0v) is 21.2. The van der Waals surface area contributed by atoms with Gasteiger partial charge in [0.1, 0.15) is 0 Å². The number of hydrogen-bond donors (Lipinski definition) is 2. The summed E-state index contributed by atoms with van der Waals surface area (Å²) in [5.41, 5.74) is 2.54. The van der Waals surface area contributed by atoms with E-state index in [0.29, 0.717) is 32.1 Å². The Morgan fingerprint density at radius 2 is 1.97 bits per heavy atom. The summed E-state index contributed by atoms with van der Waals surface area (Å²) >= 11 is 0. The number of benzene rings is 1. The quantitative estimate of drug-likeness (QED) is 0.219. The van der Waals surface area contributed by atoms with Gasteiger partial charge in [0.2, 0.25) is 10.0 Å². The standard InChI is InChI=1S/C20H35N5O2S.HI/c1-5-21-20(22-13-7-14-25(6-2)28(4,26)27)23-18-12-15-24(16-18)19-10-8-17(3)9-11-19;/h8-11,18H,5-7,12-16H2,1-4H3,(H2,21,22,23);1H. The molecule has 1 unspecified atom stereocenters. The van der Waals surface area contributed by atoms with Gasteiger partial charge in [0.05, 0.1) is 6.26 Å². The van der Waals surface area contributed by atoms with Crippen LogP contribution in [0.4, 0.5) is 5.69 Å². The lowest BCUT2D eigenvalue weighted by Crippen LogP contribution is -2.44. The zero-order chi connectivity index (χ0) is 20.6. The minimum atomic E-state index is -3.13. The van der Waals surface area contributed by atoms with E-state index in [0.717, 1.165) is 32.0 Å². The topological polar surface area (TPSA) is 77.0 Å². The molecule has 1 heterocycles. The summed E-state index contributed by atoms with van der Waals surface area (Å²) in [6, 6.07) is 9.01. The van der Waals surface area contributed by atoms with E-state index in [-0.39, 0.29) is 24.0 Å². The van der Waals surface area contributed by atoms with Crippen molar-refractivity contribution in [1.82, 2.24) is 14.9 Å². The van der Waals surface area contributed by atoms with Gasteiger partial charge in [0.25, 0.3) is 0 Å². The molecule has 0 aromatic heterocycles. The summed E-state index contributed by atoms with van der Waals surface area (Å²) in [6.07, 6.45) is 3.03. The molecule has 1 aromatic carbocycles. The highest BCUT2D eigenvalue weighted by Gasteiger charge is 2.23. The molecule has 1 saturated heterocycles. The molecule has 0 bridgehead atoms. The van der Waals surface area contributed by atoms with E-state index in [1.165, 1.54) is 21.8 Å². The Hall–Kier alpha value is -1.07. The van der Waals surface area contributed by atoms with Crippen molar-refractivity contribution in [3.05, 3.63) is 29.8 Å².